The van der Waals surface area contributed by atoms with Crippen molar-refractivity contribution in [3.63, 3.8) is 0 Å². The first-order valence-electron chi connectivity index (χ1n) is 18.1. The maximum Gasteiger partial charge on any atom is 0.0571 e. The van der Waals surface area contributed by atoms with Gasteiger partial charge in [0.1, 0.15) is 0 Å². The first-order chi connectivity index (χ1) is 24.8. The first-order valence-corrected chi connectivity index (χ1v) is 18.1. The predicted octanol–water partition coefficient (Wildman–Crippen LogP) is 11.8. The lowest BCUT2D eigenvalue weighted by molar-refractivity contribution is 0.486. The summed E-state index contributed by atoms with van der Waals surface area (Å²) >= 11 is 0. The lowest BCUT2D eigenvalue weighted by Crippen LogP contribution is -2.27. The van der Waals surface area contributed by atoms with Crippen LogP contribution in [-0.4, -0.2) is 28.0 Å². The van der Waals surface area contributed by atoms with E-state index >= 15 is 0 Å². The van der Waals surface area contributed by atoms with Gasteiger partial charge in [-0.05, 0) is 121 Å². The predicted molar refractivity (Wildman–Crippen MR) is 217 cm³/mol. The molecule has 0 saturated carbocycles. The summed E-state index contributed by atoms with van der Waals surface area (Å²) in [4.78, 5) is 9.14. The lowest BCUT2D eigenvalue weighted by Gasteiger charge is -2.32. The Morgan fingerprint density at radius 2 is 1.59 bits per heavy atom. The van der Waals surface area contributed by atoms with Crippen molar-refractivity contribution in [1.29, 1.82) is 0 Å². The van der Waals surface area contributed by atoms with E-state index < -0.39 is 0 Å². The number of aromatic nitrogens is 2. The Labute approximate surface area is 303 Å². The van der Waals surface area contributed by atoms with Crippen LogP contribution in [0, 0.1) is 5.92 Å². The Balaban J connectivity index is 1.24. The third-order valence-corrected chi connectivity index (χ3v) is 9.91. The van der Waals surface area contributed by atoms with Crippen molar-refractivity contribution in [1.82, 2.24) is 14.5 Å². The highest BCUT2D eigenvalue weighted by Crippen LogP contribution is 2.36. The van der Waals surface area contributed by atoms with Gasteiger partial charge in [0.2, 0.25) is 0 Å². The van der Waals surface area contributed by atoms with Gasteiger partial charge in [0, 0.05) is 65.7 Å². The van der Waals surface area contributed by atoms with Crippen LogP contribution in [0.3, 0.4) is 0 Å². The van der Waals surface area contributed by atoms with Gasteiger partial charge >= 0.3 is 0 Å². The van der Waals surface area contributed by atoms with E-state index in [1.807, 2.05) is 12.4 Å². The van der Waals surface area contributed by atoms with Crippen molar-refractivity contribution in [2.75, 3.05) is 18.5 Å². The van der Waals surface area contributed by atoms with E-state index in [-0.39, 0.29) is 5.92 Å². The van der Waals surface area contributed by atoms with Crippen LogP contribution in [0.25, 0.3) is 27.5 Å². The topological polar surface area (TPSA) is 24.3 Å². The van der Waals surface area contributed by atoms with E-state index in [4.69, 9.17) is 0 Å². The molecule has 2 aromatic heterocycles. The summed E-state index contributed by atoms with van der Waals surface area (Å²) in [5.74, 6) is 0.644. The smallest absolute Gasteiger partial charge is 0.0571 e. The normalized spacial score (nSPS) is 16.2. The molecule has 4 nitrogen and oxygen atoms in total. The molecule has 0 radical (unpaired) electrons. The average molecular weight is 669 g/mol. The minimum atomic E-state index is 0.226. The summed E-state index contributed by atoms with van der Waals surface area (Å²) in [6.07, 6.45) is 23.3. The van der Waals surface area contributed by atoms with Gasteiger partial charge in [-0.25, -0.2) is 0 Å². The van der Waals surface area contributed by atoms with E-state index in [0.29, 0.717) is 5.92 Å². The number of rotatable bonds is 9. The van der Waals surface area contributed by atoms with Gasteiger partial charge < -0.3 is 14.4 Å². The van der Waals surface area contributed by atoms with Crippen LogP contribution in [0.5, 0.6) is 0 Å². The molecule has 1 atom stereocenters. The van der Waals surface area contributed by atoms with E-state index in [1.54, 1.807) is 0 Å². The quantitative estimate of drug-likeness (QED) is 0.146. The number of hydrogen-bond donors (Lipinski definition) is 0. The molecular formula is C47H48N4. The van der Waals surface area contributed by atoms with Crippen molar-refractivity contribution in [2.45, 2.75) is 47.0 Å². The van der Waals surface area contributed by atoms with Gasteiger partial charge in [-0.1, -0.05) is 87.5 Å². The highest BCUT2D eigenvalue weighted by Gasteiger charge is 2.20. The number of nitrogens with zero attached hydrogens (tertiary/aromatic N) is 4. The number of fused-ring (bicyclic) bond motifs is 3. The number of likely N-dealkylation sites (N-methyl/N-ethyl adjacent to an activating group) is 1. The van der Waals surface area contributed by atoms with Crippen LogP contribution in [0.4, 0.5) is 5.69 Å². The molecule has 4 heteroatoms. The molecule has 7 rings (SSSR count). The monoisotopic (exact) mass is 668 g/mol. The molecule has 1 aliphatic carbocycles. The van der Waals surface area contributed by atoms with Crippen molar-refractivity contribution >= 4 is 27.5 Å². The lowest BCUT2D eigenvalue weighted by atomic mass is 9.89. The fraction of sp³-hybridized carbons (Fsp3) is 0.213. The molecule has 0 N–H and O–H groups in total. The largest absolute Gasteiger partial charge is 0.376 e. The maximum absolute atomic E-state index is 4.51. The summed E-state index contributed by atoms with van der Waals surface area (Å²) in [5, 5.41) is 2.41. The Morgan fingerprint density at radius 1 is 0.843 bits per heavy atom. The second-order valence-corrected chi connectivity index (χ2v) is 14.3. The maximum atomic E-state index is 4.51. The Morgan fingerprint density at radius 3 is 2.33 bits per heavy atom. The highest BCUT2D eigenvalue weighted by molar-refractivity contribution is 6.09. The van der Waals surface area contributed by atoms with Crippen LogP contribution in [-0.2, 0) is 0 Å². The van der Waals surface area contributed by atoms with Crippen LogP contribution in [0.2, 0.25) is 0 Å². The second-order valence-electron chi connectivity index (χ2n) is 14.3. The van der Waals surface area contributed by atoms with Crippen molar-refractivity contribution in [3.05, 3.63) is 185 Å². The minimum absolute atomic E-state index is 0.226. The van der Waals surface area contributed by atoms with Crippen molar-refractivity contribution < 1.29 is 0 Å². The van der Waals surface area contributed by atoms with Gasteiger partial charge in [0.05, 0.1) is 11.0 Å². The van der Waals surface area contributed by atoms with Crippen LogP contribution >= 0.6 is 0 Å². The molecule has 0 spiro atoms. The SMILES string of the molecule is CC1=C(N(C2=CC=C(C(=C/C(C)C)/C(C)=C\C(C)c3ccc4c(c3)c3cnccc3n4-c3ccccc3)CC=C2)c2ccccc2)C=CN(C)C1. The number of hydrogen-bond acceptors (Lipinski definition) is 3. The van der Waals surface area contributed by atoms with Crippen molar-refractivity contribution in [2.24, 2.45) is 5.92 Å². The second kappa shape index (κ2) is 14.7. The summed E-state index contributed by atoms with van der Waals surface area (Å²) in [6.45, 7) is 12.3. The number of pyridine rings is 1. The molecular weight excluding hydrogens is 621 g/mol. The van der Waals surface area contributed by atoms with E-state index in [1.165, 1.54) is 55.4 Å². The molecule has 0 fully saturated rings. The summed E-state index contributed by atoms with van der Waals surface area (Å²) in [7, 11) is 2.13. The van der Waals surface area contributed by atoms with E-state index in [0.717, 1.165) is 30.0 Å². The molecule has 0 saturated heterocycles. The summed E-state index contributed by atoms with van der Waals surface area (Å²) in [5.41, 5.74) is 13.7. The summed E-state index contributed by atoms with van der Waals surface area (Å²) in [6, 6.07) is 30.4. The molecule has 0 amide bonds. The van der Waals surface area contributed by atoms with Gasteiger partial charge in [-0.3, -0.25) is 4.98 Å². The molecule has 3 heterocycles. The fourth-order valence-electron chi connectivity index (χ4n) is 7.49. The zero-order valence-electron chi connectivity index (χ0n) is 30.7. The van der Waals surface area contributed by atoms with E-state index in [2.05, 4.69) is 195 Å². The van der Waals surface area contributed by atoms with Crippen LogP contribution < -0.4 is 4.90 Å². The fourth-order valence-corrected chi connectivity index (χ4v) is 7.49. The minimum Gasteiger partial charge on any atom is -0.376 e. The first kappa shape index (κ1) is 33.9. The molecule has 0 bridgehead atoms. The zero-order valence-corrected chi connectivity index (χ0v) is 30.7. The molecule has 256 valence electrons. The molecule has 1 unspecified atom stereocenters. The molecule has 51 heavy (non-hydrogen) atoms. The average Bonchev–Trinajstić information content (AvgIpc) is 3.27. The molecule has 1 aliphatic heterocycles. The molecule has 3 aromatic carbocycles. The van der Waals surface area contributed by atoms with Crippen molar-refractivity contribution in [3.8, 4) is 5.69 Å². The van der Waals surface area contributed by atoms with Gasteiger partial charge in [-0.2, -0.15) is 0 Å². The third-order valence-electron chi connectivity index (χ3n) is 9.91. The third kappa shape index (κ3) is 7.05. The highest BCUT2D eigenvalue weighted by atomic mass is 15.2. The summed E-state index contributed by atoms with van der Waals surface area (Å²) < 4.78 is 2.35. The number of allylic oxidation sites excluding steroid dienone is 10. The Bertz CT molecular complexity index is 2270. The number of benzene rings is 3. The molecule has 2 aliphatic rings. The Kier molecular flexibility index (Phi) is 9.76. The zero-order chi connectivity index (χ0) is 35.5. The van der Waals surface area contributed by atoms with Gasteiger partial charge in [0.15, 0.2) is 0 Å². The van der Waals surface area contributed by atoms with Crippen LogP contribution in [0.1, 0.15) is 52.5 Å². The van der Waals surface area contributed by atoms with Crippen LogP contribution in [0.15, 0.2) is 180 Å². The number of para-hydroxylation sites is 2. The number of anilines is 1. The van der Waals surface area contributed by atoms with Gasteiger partial charge in [-0.15, -0.1) is 0 Å². The Hall–Kier alpha value is -5.61. The van der Waals surface area contributed by atoms with E-state index in [9.17, 15) is 0 Å². The van der Waals surface area contributed by atoms with Gasteiger partial charge in [0.25, 0.3) is 0 Å². The standard InChI is InChI=1S/C47H48N4/c1-33(2)28-42(37-14-13-19-41(22-20-37)50(39-15-9-7-10-16-39)45-25-27-49(6)32-36(45)5)35(4)29-34(3)38-21-23-46-43(30-38)44-31-48-26-24-47(44)51(46)40-17-11-8-12-18-40/h7-13,15-31,33-34H,14,32H2,1-6H3/b35-29-,42-28+. The molecule has 5 aromatic rings.